The van der Waals surface area contributed by atoms with Crippen molar-refractivity contribution >= 4 is 5.91 Å². The zero-order chi connectivity index (χ0) is 26.3. The van der Waals surface area contributed by atoms with Crippen LogP contribution in [0.2, 0.25) is 0 Å². The predicted molar refractivity (Wildman–Crippen MR) is 154 cm³/mol. The second kappa shape index (κ2) is 16.0. The Morgan fingerprint density at radius 2 is 1.28 bits per heavy atom. The topological polar surface area (TPSA) is 23.6 Å². The summed E-state index contributed by atoms with van der Waals surface area (Å²) in [6.07, 6.45) is 3.49. The first-order valence-corrected chi connectivity index (χ1v) is 13.8. The van der Waals surface area contributed by atoms with E-state index in [1.807, 2.05) is 76.0 Å². The minimum atomic E-state index is -0.308. The molecule has 0 bridgehead atoms. The molecule has 1 saturated heterocycles. The molecular weight excluding hydrogens is 440 g/mol. The number of amides is 1. The molecule has 1 atom stereocenters. The third kappa shape index (κ3) is 7.80. The van der Waals surface area contributed by atoms with E-state index in [0.717, 1.165) is 37.2 Å². The van der Waals surface area contributed by atoms with Crippen LogP contribution >= 0.6 is 0 Å². The highest BCUT2D eigenvalue weighted by Crippen LogP contribution is 2.31. The molecule has 3 aromatic carbocycles. The number of carbonyl (C=O) groups is 1. The summed E-state index contributed by atoms with van der Waals surface area (Å²) in [5, 5.41) is 0. The quantitative estimate of drug-likeness (QED) is 0.325. The maximum atomic E-state index is 14.1. The van der Waals surface area contributed by atoms with Gasteiger partial charge in [0.1, 0.15) is 0 Å². The summed E-state index contributed by atoms with van der Waals surface area (Å²) in [6.45, 7) is 13.3. The number of likely N-dealkylation sites (tertiary alicyclic amines) is 1. The maximum Gasteiger partial charge on any atom is 0.234 e. The molecule has 194 valence electrons. The molecule has 1 amide bonds. The van der Waals surface area contributed by atoms with Gasteiger partial charge in [-0.05, 0) is 54.6 Å². The fourth-order valence-corrected chi connectivity index (χ4v) is 4.81. The SMILES string of the molecule is CC.CC.CCc1cccc([C@@H](CN2CCCC2)N(C)C(=O)C(c2ccccc2)c2ccccc2)c1. The van der Waals surface area contributed by atoms with Crippen LogP contribution in [0.25, 0.3) is 0 Å². The fourth-order valence-electron chi connectivity index (χ4n) is 4.81. The lowest BCUT2D eigenvalue weighted by molar-refractivity contribution is -0.133. The van der Waals surface area contributed by atoms with Crippen LogP contribution in [-0.4, -0.2) is 42.4 Å². The number of aryl methyl sites for hydroxylation is 1. The highest BCUT2D eigenvalue weighted by Gasteiger charge is 2.31. The number of hydrogen-bond acceptors (Lipinski definition) is 2. The van der Waals surface area contributed by atoms with Crippen LogP contribution in [0, 0.1) is 0 Å². The van der Waals surface area contributed by atoms with Gasteiger partial charge in [0.05, 0.1) is 12.0 Å². The number of carbonyl (C=O) groups excluding carboxylic acids is 1. The van der Waals surface area contributed by atoms with Gasteiger partial charge >= 0.3 is 0 Å². The van der Waals surface area contributed by atoms with Gasteiger partial charge in [-0.3, -0.25) is 4.79 Å². The lowest BCUT2D eigenvalue weighted by Gasteiger charge is -2.35. The van der Waals surface area contributed by atoms with Crippen molar-refractivity contribution in [3.63, 3.8) is 0 Å². The maximum absolute atomic E-state index is 14.1. The van der Waals surface area contributed by atoms with Gasteiger partial charge in [-0.25, -0.2) is 0 Å². The first kappa shape index (κ1) is 29.3. The summed E-state index contributed by atoms with van der Waals surface area (Å²) in [5.41, 5.74) is 4.62. The molecule has 3 nitrogen and oxygen atoms in total. The van der Waals surface area contributed by atoms with E-state index >= 15 is 0 Å². The average molecular weight is 487 g/mol. The van der Waals surface area contributed by atoms with Crippen molar-refractivity contribution < 1.29 is 4.79 Å². The Labute approximate surface area is 220 Å². The first-order chi connectivity index (χ1) is 17.7. The van der Waals surface area contributed by atoms with E-state index in [-0.39, 0.29) is 17.9 Å². The van der Waals surface area contributed by atoms with E-state index in [1.165, 1.54) is 24.0 Å². The van der Waals surface area contributed by atoms with Crippen LogP contribution < -0.4 is 0 Å². The molecule has 0 spiro atoms. The molecule has 1 aliphatic heterocycles. The van der Waals surface area contributed by atoms with E-state index in [2.05, 4.69) is 60.4 Å². The molecule has 1 heterocycles. The van der Waals surface area contributed by atoms with Gasteiger partial charge in [0, 0.05) is 13.6 Å². The molecule has 4 rings (SSSR count). The Morgan fingerprint density at radius 3 is 1.78 bits per heavy atom. The predicted octanol–water partition coefficient (Wildman–Crippen LogP) is 7.73. The van der Waals surface area contributed by atoms with Crippen LogP contribution in [0.4, 0.5) is 0 Å². The van der Waals surface area contributed by atoms with Crippen LogP contribution in [-0.2, 0) is 11.2 Å². The lowest BCUT2D eigenvalue weighted by Crippen LogP contribution is -2.41. The van der Waals surface area contributed by atoms with Crippen molar-refractivity contribution in [1.29, 1.82) is 0 Å². The number of likely N-dealkylation sites (N-methyl/N-ethyl adjacent to an activating group) is 1. The summed E-state index contributed by atoms with van der Waals surface area (Å²) in [5.74, 6) is -0.161. The highest BCUT2D eigenvalue weighted by molar-refractivity contribution is 5.87. The fraction of sp³-hybridized carbons (Fsp3) is 0.424. The van der Waals surface area contributed by atoms with Crippen LogP contribution in [0.1, 0.15) is 81.7 Å². The van der Waals surface area contributed by atoms with E-state index in [1.54, 1.807) is 0 Å². The summed E-state index contributed by atoms with van der Waals surface area (Å²) < 4.78 is 0. The van der Waals surface area contributed by atoms with E-state index in [9.17, 15) is 4.79 Å². The van der Waals surface area contributed by atoms with Crippen LogP contribution in [0.15, 0.2) is 84.9 Å². The van der Waals surface area contributed by atoms with Gasteiger partial charge in [0.2, 0.25) is 5.91 Å². The molecule has 0 N–H and O–H groups in total. The molecule has 0 saturated carbocycles. The highest BCUT2D eigenvalue weighted by atomic mass is 16.2. The Kier molecular flexibility index (Phi) is 13.0. The third-order valence-corrected chi connectivity index (χ3v) is 6.70. The molecule has 1 fully saturated rings. The summed E-state index contributed by atoms with van der Waals surface area (Å²) >= 11 is 0. The normalized spacial score (nSPS) is 13.8. The van der Waals surface area contributed by atoms with Gasteiger partial charge in [0.25, 0.3) is 0 Å². The summed E-state index contributed by atoms with van der Waals surface area (Å²) in [7, 11) is 1.99. The van der Waals surface area contributed by atoms with Crippen molar-refractivity contribution in [2.24, 2.45) is 0 Å². The monoisotopic (exact) mass is 486 g/mol. The zero-order valence-corrected chi connectivity index (χ0v) is 23.3. The largest absolute Gasteiger partial charge is 0.337 e. The van der Waals surface area contributed by atoms with Crippen LogP contribution in [0.5, 0.6) is 0 Å². The van der Waals surface area contributed by atoms with Gasteiger partial charge in [-0.15, -0.1) is 0 Å². The molecule has 0 radical (unpaired) electrons. The van der Waals surface area contributed by atoms with E-state index < -0.39 is 0 Å². The summed E-state index contributed by atoms with van der Waals surface area (Å²) in [6, 6.07) is 29.2. The van der Waals surface area contributed by atoms with Gasteiger partial charge in [-0.2, -0.15) is 0 Å². The Balaban J connectivity index is 0.00000109. The van der Waals surface area contributed by atoms with Crippen molar-refractivity contribution in [1.82, 2.24) is 9.80 Å². The second-order valence-corrected chi connectivity index (χ2v) is 8.83. The van der Waals surface area contributed by atoms with E-state index in [4.69, 9.17) is 0 Å². The standard InChI is InChI=1S/C29H34N2O.2C2H6/c1-3-23-13-12-18-26(21-23)27(22-31-19-10-11-20-31)30(2)29(32)28(24-14-6-4-7-15-24)25-16-8-5-9-17-25;2*1-2/h4-9,12-18,21,27-28H,3,10-11,19-20,22H2,1-2H3;2*1-2H3/t27-;;/m1../s1. The van der Waals surface area contributed by atoms with Gasteiger partial charge < -0.3 is 9.80 Å². The molecule has 36 heavy (non-hydrogen) atoms. The minimum Gasteiger partial charge on any atom is -0.337 e. The van der Waals surface area contributed by atoms with Crippen molar-refractivity contribution in [3.8, 4) is 0 Å². The summed E-state index contributed by atoms with van der Waals surface area (Å²) in [4.78, 5) is 18.6. The zero-order valence-electron chi connectivity index (χ0n) is 23.3. The third-order valence-electron chi connectivity index (χ3n) is 6.70. The number of benzene rings is 3. The van der Waals surface area contributed by atoms with Crippen molar-refractivity contribution in [3.05, 3.63) is 107 Å². The Hall–Kier alpha value is -2.91. The molecule has 0 aliphatic carbocycles. The van der Waals surface area contributed by atoms with E-state index in [0.29, 0.717) is 0 Å². The molecule has 0 unspecified atom stereocenters. The molecule has 3 heteroatoms. The molecular formula is C33H46N2O. The number of nitrogens with zero attached hydrogens (tertiary/aromatic N) is 2. The first-order valence-electron chi connectivity index (χ1n) is 13.8. The minimum absolute atomic E-state index is 0.0297. The second-order valence-electron chi connectivity index (χ2n) is 8.83. The van der Waals surface area contributed by atoms with Crippen LogP contribution in [0.3, 0.4) is 0 Å². The van der Waals surface area contributed by atoms with Gasteiger partial charge in [0.15, 0.2) is 0 Å². The average Bonchev–Trinajstić information content (AvgIpc) is 3.48. The molecule has 1 aliphatic rings. The smallest absolute Gasteiger partial charge is 0.234 e. The molecule has 0 aromatic heterocycles. The van der Waals surface area contributed by atoms with Gasteiger partial charge in [-0.1, -0.05) is 120 Å². The Bertz CT molecular complexity index is 957. The number of hydrogen-bond donors (Lipinski definition) is 0. The van der Waals surface area contributed by atoms with Crippen molar-refractivity contribution in [2.75, 3.05) is 26.7 Å². The number of rotatable bonds is 8. The Morgan fingerprint density at radius 1 is 0.778 bits per heavy atom. The lowest BCUT2D eigenvalue weighted by atomic mass is 9.89. The van der Waals surface area contributed by atoms with Crippen molar-refractivity contribution in [2.45, 2.75) is 65.8 Å². The molecule has 3 aromatic rings.